The van der Waals surface area contributed by atoms with Crippen LogP contribution in [-0.2, 0) is 0 Å². The zero-order valence-electron chi connectivity index (χ0n) is 14.6. The van der Waals surface area contributed by atoms with Gasteiger partial charge in [0.2, 0.25) is 5.82 Å². The van der Waals surface area contributed by atoms with Crippen molar-refractivity contribution in [2.45, 2.75) is 26.2 Å². The minimum absolute atomic E-state index is 0.194. The van der Waals surface area contributed by atoms with Crippen molar-refractivity contribution in [3.8, 4) is 0 Å². The first-order chi connectivity index (χ1) is 11.6. The van der Waals surface area contributed by atoms with E-state index < -0.39 is 0 Å². The Morgan fingerprint density at radius 3 is 2.75 bits per heavy atom. The van der Waals surface area contributed by atoms with Gasteiger partial charge < -0.3 is 15.1 Å². The summed E-state index contributed by atoms with van der Waals surface area (Å²) >= 11 is 1.64. The second kappa shape index (κ2) is 7.44. The van der Waals surface area contributed by atoms with Crippen molar-refractivity contribution >= 4 is 34.0 Å². The number of thiophene rings is 1. The Morgan fingerprint density at radius 2 is 2.04 bits per heavy atom. The van der Waals surface area contributed by atoms with Gasteiger partial charge in [0, 0.05) is 37.4 Å². The summed E-state index contributed by atoms with van der Waals surface area (Å²) in [6.45, 7) is 5.86. The van der Waals surface area contributed by atoms with E-state index in [9.17, 15) is 4.79 Å². The predicted octanol–water partition coefficient (Wildman–Crippen LogP) is 2.28. The first-order valence-electron chi connectivity index (χ1n) is 8.50. The molecule has 0 radical (unpaired) electrons. The van der Waals surface area contributed by atoms with Gasteiger partial charge in [0.1, 0.15) is 5.82 Å². The number of likely N-dealkylation sites (tertiary alicyclic amines) is 1. The van der Waals surface area contributed by atoms with E-state index in [1.807, 2.05) is 24.4 Å². The van der Waals surface area contributed by atoms with Crippen LogP contribution in [0.25, 0.3) is 10.9 Å². The first-order valence-corrected chi connectivity index (χ1v) is 9.38. The van der Waals surface area contributed by atoms with Gasteiger partial charge in [-0.1, -0.05) is 6.42 Å². The van der Waals surface area contributed by atoms with Crippen LogP contribution in [-0.4, -0.2) is 61.0 Å². The van der Waals surface area contributed by atoms with E-state index in [4.69, 9.17) is 0 Å². The first kappa shape index (κ1) is 17.1. The summed E-state index contributed by atoms with van der Waals surface area (Å²) in [5.41, 5.74) is 0.845. The van der Waals surface area contributed by atoms with Crippen LogP contribution < -0.4 is 10.2 Å². The van der Waals surface area contributed by atoms with Crippen LogP contribution in [0.15, 0.2) is 5.38 Å². The summed E-state index contributed by atoms with van der Waals surface area (Å²) in [5.74, 6) is 0.864. The maximum absolute atomic E-state index is 12.4. The highest BCUT2D eigenvalue weighted by molar-refractivity contribution is 7.11. The van der Waals surface area contributed by atoms with Crippen LogP contribution in [0.5, 0.6) is 0 Å². The number of piperidine rings is 1. The average Bonchev–Trinajstić information content (AvgIpc) is 2.96. The van der Waals surface area contributed by atoms with Crippen molar-refractivity contribution in [1.29, 1.82) is 0 Å². The molecule has 0 spiro atoms. The number of fused-ring (bicyclic) bond motifs is 1. The summed E-state index contributed by atoms with van der Waals surface area (Å²) in [7, 11) is 3.88. The van der Waals surface area contributed by atoms with Gasteiger partial charge in [0.15, 0.2) is 0 Å². The number of aromatic nitrogens is 2. The molecule has 1 aliphatic heterocycles. The van der Waals surface area contributed by atoms with E-state index in [1.165, 1.54) is 24.1 Å². The monoisotopic (exact) mass is 347 g/mol. The van der Waals surface area contributed by atoms with Crippen molar-refractivity contribution in [2.24, 2.45) is 0 Å². The Kier molecular flexibility index (Phi) is 5.30. The van der Waals surface area contributed by atoms with Crippen molar-refractivity contribution in [3.63, 3.8) is 0 Å². The topological polar surface area (TPSA) is 61.4 Å². The normalized spacial score (nSPS) is 15.6. The van der Waals surface area contributed by atoms with Gasteiger partial charge in [-0.2, -0.15) is 0 Å². The van der Waals surface area contributed by atoms with Gasteiger partial charge in [0.25, 0.3) is 5.91 Å². The molecule has 0 atom stereocenters. The minimum atomic E-state index is -0.194. The summed E-state index contributed by atoms with van der Waals surface area (Å²) in [6, 6.07) is 0. The van der Waals surface area contributed by atoms with Crippen LogP contribution in [0.2, 0.25) is 0 Å². The molecule has 7 heteroatoms. The lowest BCUT2D eigenvalue weighted by Crippen LogP contribution is -2.38. The highest BCUT2D eigenvalue weighted by atomic mass is 32.1. The predicted molar refractivity (Wildman–Crippen MR) is 99.1 cm³/mol. The van der Waals surface area contributed by atoms with Gasteiger partial charge in [-0.05, 0) is 32.9 Å². The summed E-state index contributed by atoms with van der Waals surface area (Å²) in [5, 5.41) is 5.99. The maximum atomic E-state index is 12.4. The van der Waals surface area contributed by atoms with Gasteiger partial charge in [-0.15, -0.1) is 11.3 Å². The molecule has 0 saturated carbocycles. The summed E-state index contributed by atoms with van der Waals surface area (Å²) in [6.07, 6.45) is 3.85. The Balaban J connectivity index is 1.70. The molecule has 3 rings (SSSR count). The molecule has 3 heterocycles. The third kappa shape index (κ3) is 3.67. The van der Waals surface area contributed by atoms with Crippen molar-refractivity contribution in [3.05, 3.63) is 16.1 Å². The molecule has 130 valence electrons. The van der Waals surface area contributed by atoms with Crippen molar-refractivity contribution < 1.29 is 4.79 Å². The lowest BCUT2D eigenvalue weighted by molar-refractivity contribution is 0.0936. The Morgan fingerprint density at radius 1 is 1.29 bits per heavy atom. The number of amides is 1. The molecule has 2 aromatic rings. The molecule has 1 aliphatic rings. The molecule has 1 N–H and O–H groups in total. The average molecular weight is 347 g/mol. The fraction of sp³-hybridized carbons (Fsp3) is 0.588. The maximum Gasteiger partial charge on any atom is 0.289 e. The fourth-order valence-corrected chi connectivity index (χ4v) is 3.88. The molecule has 0 aliphatic carbocycles. The minimum Gasteiger partial charge on any atom is -0.362 e. The number of hydrogen-bond acceptors (Lipinski definition) is 6. The van der Waals surface area contributed by atoms with Crippen molar-refractivity contribution in [1.82, 2.24) is 20.2 Å². The number of nitrogens with one attached hydrogen (secondary N) is 1. The van der Waals surface area contributed by atoms with E-state index in [0.29, 0.717) is 6.54 Å². The lowest BCUT2D eigenvalue weighted by atomic mass is 10.1. The van der Waals surface area contributed by atoms with Crippen LogP contribution >= 0.6 is 11.3 Å². The molecular weight excluding hydrogens is 322 g/mol. The molecule has 1 fully saturated rings. The zero-order valence-corrected chi connectivity index (χ0v) is 15.4. The standard InChI is InChI=1S/C17H25N5OS/c1-12-14-13(11-24-12)19-15(20-16(14)21(2)3)17(23)18-7-10-22-8-5-4-6-9-22/h11H,4-10H2,1-3H3,(H,18,23). The van der Waals surface area contributed by atoms with Gasteiger partial charge in [0.05, 0.1) is 10.9 Å². The van der Waals surface area contributed by atoms with Gasteiger partial charge >= 0.3 is 0 Å². The van der Waals surface area contributed by atoms with Crippen LogP contribution in [0.4, 0.5) is 5.82 Å². The molecule has 2 aromatic heterocycles. The number of carbonyl (C=O) groups is 1. The number of rotatable bonds is 5. The summed E-state index contributed by atoms with van der Waals surface area (Å²) in [4.78, 5) is 26.9. The van der Waals surface area contributed by atoms with E-state index in [-0.39, 0.29) is 11.7 Å². The fourth-order valence-electron chi connectivity index (χ4n) is 3.11. The molecule has 0 bridgehead atoms. The SMILES string of the molecule is Cc1scc2nc(C(=O)NCCN3CCCCC3)nc(N(C)C)c12. The van der Waals surface area contributed by atoms with E-state index in [1.54, 1.807) is 11.3 Å². The van der Waals surface area contributed by atoms with Gasteiger partial charge in [-0.25, -0.2) is 9.97 Å². The van der Waals surface area contributed by atoms with E-state index in [2.05, 4.69) is 27.1 Å². The number of hydrogen-bond donors (Lipinski definition) is 1. The van der Waals surface area contributed by atoms with Crippen molar-refractivity contribution in [2.75, 3.05) is 45.2 Å². The second-order valence-electron chi connectivity index (χ2n) is 6.48. The molecule has 0 aromatic carbocycles. The molecule has 24 heavy (non-hydrogen) atoms. The largest absolute Gasteiger partial charge is 0.362 e. The second-order valence-corrected chi connectivity index (χ2v) is 7.56. The molecular formula is C17H25N5OS. The highest BCUT2D eigenvalue weighted by Crippen LogP contribution is 2.30. The quantitative estimate of drug-likeness (QED) is 0.899. The Bertz CT molecular complexity index is 721. The molecule has 1 saturated heterocycles. The third-order valence-corrected chi connectivity index (χ3v) is 5.31. The summed E-state index contributed by atoms with van der Waals surface area (Å²) < 4.78 is 0. The number of carbonyl (C=O) groups excluding carboxylic acids is 1. The number of aryl methyl sites for hydroxylation is 1. The lowest BCUT2D eigenvalue weighted by Gasteiger charge is -2.26. The van der Waals surface area contributed by atoms with Crippen LogP contribution in [0, 0.1) is 6.92 Å². The molecule has 0 unspecified atom stereocenters. The Labute approximate surface area is 146 Å². The van der Waals surface area contributed by atoms with E-state index in [0.717, 1.165) is 36.4 Å². The van der Waals surface area contributed by atoms with Crippen LogP contribution in [0.3, 0.4) is 0 Å². The number of anilines is 1. The Hall–Kier alpha value is -1.73. The smallest absolute Gasteiger partial charge is 0.289 e. The number of nitrogens with zero attached hydrogens (tertiary/aromatic N) is 4. The zero-order chi connectivity index (χ0) is 17.1. The highest BCUT2D eigenvalue weighted by Gasteiger charge is 2.18. The van der Waals surface area contributed by atoms with Gasteiger partial charge in [-0.3, -0.25) is 4.79 Å². The van der Waals surface area contributed by atoms with Crippen LogP contribution in [0.1, 0.15) is 34.8 Å². The molecule has 6 nitrogen and oxygen atoms in total. The van der Waals surface area contributed by atoms with E-state index >= 15 is 0 Å². The molecule has 1 amide bonds. The third-order valence-electron chi connectivity index (χ3n) is 4.41.